The van der Waals surface area contributed by atoms with E-state index in [1.165, 1.54) is 5.56 Å². The molecule has 0 unspecified atom stereocenters. The molecule has 0 aliphatic heterocycles. The number of rotatable bonds is 0. The van der Waals surface area contributed by atoms with Crippen molar-refractivity contribution in [3.8, 4) is 0 Å². The zero-order valence-electron chi connectivity index (χ0n) is 7.00. The van der Waals surface area contributed by atoms with Crippen LogP contribution in [0.25, 0.3) is 0 Å². The van der Waals surface area contributed by atoms with E-state index >= 15 is 0 Å². The lowest BCUT2D eigenvalue weighted by Crippen LogP contribution is -2.20. The molecule has 0 spiro atoms. The number of hydrogen-bond donors (Lipinski definition) is 1. The van der Waals surface area contributed by atoms with Crippen molar-refractivity contribution in [1.82, 2.24) is 0 Å². The van der Waals surface area contributed by atoms with E-state index in [9.17, 15) is 5.11 Å². The van der Waals surface area contributed by atoms with Gasteiger partial charge in [-0.15, -0.1) is 0 Å². The van der Waals surface area contributed by atoms with Gasteiger partial charge in [-0.2, -0.15) is 0 Å². The van der Waals surface area contributed by atoms with Gasteiger partial charge in [-0.3, -0.25) is 0 Å². The zero-order chi connectivity index (χ0) is 9.42. The van der Waals surface area contributed by atoms with Gasteiger partial charge in [0.1, 0.15) is 0 Å². The Labute approximate surface area is 99.8 Å². The maximum Gasteiger partial charge on any atom is 0.0921 e. The number of aliphatic hydroxyl groups excluding tert-OH is 1. The van der Waals surface area contributed by atoms with Crippen LogP contribution in [0.4, 0.5) is 0 Å². The number of fused-ring (bicyclic) bond motifs is 1. The molecular formula is C10H10BrIO. The Morgan fingerprint density at radius 2 is 2.23 bits per heavy atom. The highest BCUT2D eigenvalue weighted by molar-refractivity contribution is 14.1. The summed E-state index contributed by atoms with van der Waals surface area (Å²) in [5.74, 6) is 0. The van der Waals surface area contributed by atoms with Gasteiger partial charge < -0.3 is 5.11 Å². The van der Waals surface area contributed by atoms with E-state index in [2.05, 4.69) is 44.6 Å². The van der Waals surface area contributed by atoms with Crippen LogP contribution < -0.4 is 0 Å². The van der Waals surface area contributed by atoms with Crippen molar-refractivity contribution >= 4 is 38.5 Å². The summed E-state index contributed by atoms with van der Waals surface area (Å²) in [6.45, 7) is 0. The van der Waals surface area contributed by atoms with Crippen LogP contribution in [0.15, 0.2) is 22.7 Å². The van der Waals surface area contributed by atoms with Gasteiger partial charge in [0.15, 0.2) is 0 Å². The summed E-state index contributed by atoms with van der Waals surface area (Å²) in [5, 5.41) is 9.97. The summed E-state index contributed by atoms with van der Waals surface area (Å²) in [6.07, 6.45) is 1.85. The smallest absolute Gasteiger partial charge is 0.0921 e. The molecule has 0 bridgehead atoms. The van der Waals surface area contributed by atoms with E-state index in [-0.39, 0.29) is 6.10 Å². The fourth-order valence-electron chi connectivity index (χ4n) is 1.76. The van der Waals surface area contributed by atoms with Crippen molar-refractivity contribution in [2.24, 2.45) is 0 Å². The van der Waals surface area contributed by atoms with Crippen LogP contribution in [0.2, 0.25) is 0 Å². The molecule has 1 aromatic rings. The Kier molecular flexibility index (Phi) is 2.95. The summed E-state index contributed by atoms with van der Waals surface area (Å²) in [5.41, 5.74) is 2.38. The average molecular weight is 353 g/mol. The highest BCUT2D eigenvalue weighted by Gasteiger charge is 2.27. The minimum atomic E-state index is -0.306. The SMILES string of the molecule is O[C@H]1c2c(Br)cccc2CC[C@@H]1I. The molecule has 0 saturated carbocycles. The van der Waals surface area contributed by atoms with Crippen LogP contribution in [-0.4, -0.2) is 9.03 Å². The third kappa shape index (κ3) is 1.78. The topological polar surface area (TPSA) is 20.2 Å². The molecule has 0 heterocycles. The van der Waals surface area contributed by atoms with Crippen molar-refractivity contribution in [3.63, 3.8) is 0 Å². The van der Waals surface area contributed by atoms with Gasteiger partial charge in [0.25, 0.3) is 0 Å². The Hall–Kier alpha value is 0.390. The normalized spacial score (nSPS) is 27.0. The van der Waals surface area contributed by atoms with Crippen LogP contribution >= 0.6 is 38.5 Å². The van der Waals surface area contributed by atoms with E-state index in [4.69, 9.17) is 0 Å². The van der Waals surface area contributed by atoms with Gasteiger partial charge in [0.05, 0.1) is 6.10 Å². The highest BCUT2D eigenvalue weighted by Crippen LogP contribution is 2.38. The highest BCUT2D eigenvalue weighted by atomic mass is 127. The summed E-state index contributed by atoms with van der Waals surface area (Å²) >= 11 is 5.81. The van der Waals surface area contributed by atoms with Crippen molar-refractivity contribution in [3.05, 3.63) is 33.8 Å². The molecule has 2 atom stereocenters. The monoisotopic (exact) mass is 352 g/mol. The van der Waals surface area contributed by atoms with Crippen molar-refractivity contribution in [2.75, 3.05) is 0 Å². The maximum atomic E-state index is 9.97. The molecule has 0 aromatic heterocycles. The van der Waals surface area contributed by atoms with E-state index in [0.717, 1.165) is 22.9 Å². The van der Waals surface area contributed by atoms with Crippen molar-refractivity contribution in [2.45, 2.75) is 22.9 Å². The molecule has 2 rings (SSSR count). The molecule has 1 aliphatic rings. The van der Waals surface area contributed by atoms with E-state index in [1.807, 2.05) is 12.1 Å². The average Bonchev–Trinajstić information content (AvgIpc) is 2.12. The molecule has 1 aromatic carbocycles. The van der Waals surface area contributed by atoms with Crippen LogP contribution in [0.5, 0.6) is 0 Å². The van der Waals surface area contributed by atoms with Gasteiger partial charge >= 0.3 is 0 Å². The van der Waals surface area contributed by atoms with Crippen LogP contribution in [0, 0.1) is 0 Å². The zero-order valence-corrected chi connectivity index (χ0v) is 10.7. The lowest BCUT2D eigenvalue weighted by molar-refractivity contribution is 0.167. The summed E-state index contributed by atoms with van der Waals surface area (Å²) in [7, 11) is 0. The third-order valence-electron chi connectivity index (χ3n) is 2.47. The fraction of sp³-hybridized carbons (Fsp3) is 0.400. The number of benzene rings is 1. The first-order valence-corrected chi connectivity index (χ1v) is 6.33. The van der Waals surface area contributed by atoms with Crippen molar-refractivity contribution < 1.29 is 5.11 Å². The van der Waals surface area contributed by atoms with Gasteiger partial charge in [0, 0.05) is 8.40 Å². The van der Waals surface area contributed by atoms with Crippen molar-refractivity contribution in [1.29, 1.82) is 0 Å². The fourth-order valence-corrected chi connectivity index (χ4v) is 3.08. The van der Waals surface area contributed by atoms with Crippen LogP contribution in [-0.2, 0) is 6.42 Å². The molecule has 0 amide bonds. The Bertz CT molecular complexity index is 327. The van der Waals surface area contributed by atoms with Gasteiger partial charge in [-0.1, -0.05) is 50.7 Å². The van der Waals surface area contributed by atoms with Gasteiger partial charge in [-0.05, 0) is 30.0 Å². The summed E-state index contributed by atoms with van der Waals surface area (Å²) in [4.78, 5) is 0. The summed E-state index contributed by atoms with van der Waals surface area (Å²) in [6, 6.07) is 6.13. The third-order valence-corrected chi connectivity index (χ3v) is 4.47. The number of aryl methyl sites for hydroxylation is 1. The summed E-state index contributed by atoms with van der Waals surface area (Å²) < 4.78 is 1.39. The minimum absolute atomic E-state index is 0.306. The molecule has 13 heavy (non-hydrogen) atoms. The first kappa shape index (κ1) is 9.93. The quantitative estimate of drug-likeness (QED) is 0.561. The number of hydrogen-bond acceptors (Lipinski definition) is 1. The molecule has 0 radical (unpaired) electrons. The number of aliphatic hydroxyl groups is 1. The standard InChI is InChI=1S/C10H10BrIO/c11-7-3-1-2-6-4-5-8(12)10(13)9(6)7/h1-3,8,10,13H,4-5H2/t8-,10+/m0/s1. The maximum absolute atomic E-state index is 9.97. The van der Waals surface area contributed by atoms with E-state index in [1.54, 1.807) is 0 Å². The largest absolute Gasteiger partial charge is 0.387 e. The minimum Gasteiger partial charge on any atom is -0.387 e. The van der Waals surface area contributed by atoms with Gasteiger partial charge in [-0.25, -0.2) is 0 Å². The molecule has 1 aliphatic carbocycles. The molecule has 1 nitrogen and oxygen atoms in total. The van der Waals surface area contributed by atoms with E-state index < -0.39 is 0 Å². The lowest BCUT2D eigenvalue weighted by Gasteiger charge is -2.27. The first-order chi connectivity index (χ1) is 6.20. The molecule has 0 fully saturated rings. The second-order valence-corrected chi connectivity index (χ2v) is 5.77. The number of halogens is 2. The predicted octanol–water partition coefficient (Wildman–Crippen LogP) is 3.23. The second-order valence-electron chi connectivity index (χ2n) is 3.31. The lowest BCUT2D eigenvalue weighted by atomic mass is 9.89. The van der Waals surface area contributed by atoms with Crippen LogP contribution in [0.1, 0.15) is 23.7 Å². The first-order valence-electron chi connectivity index (χ1n) is 4.29. The molecule has 1 N–H and O–H groups in total. The van der Waals surface area contributed by atoms with E-state index in [0.29, 0.717) is 3.92 Å². The molecule has 70 valence electrons. The predicted molar refractivity (Wildman–Crippen MR) is 65.2 cm³/mol. The molecule has 3 heteroatoms. The van der Waals surface area contributed by atoms with Crippen LogP contribution in [0.3, 0.4) is 0 Å². The Morgan fingerprint density at radius 1 is 1.46 bits per heavy atom. The Morgan fingerprint density at radius 3 is 3.00 bits per heavy atom. The molecule has 0 saturated heterocycles. The molecular weight excluding hydrogens is 343 g/mol. The Balaban J connectivity index is 2.51. The second kappa shape index (κ2) is 3.87. The van der Waals surface area contributed by atoms with Gasteiger partial charge in [0.2, 0.25) is 0 Å². The number of alkyl halides is 1.